The number of nitrogens with one attached hydrogen (secondary N) is 1. The summed E-state index contributed by atoms with van der Waals surface area (Å²) in [6.45, 7) is 17.7. The molecule has 0 saturated heterocycles. The molecule has 0 bridgehead atoms. The average molecular weight is 725 g/mol. The Bertz CT molecular complexity index is 1600. The maximum absolute atomic E-state index is 14.3. The molecule has 240 valence electrons. The fourth-order valence-electron chi connectivity index (χ4n) is 6.47. The zero-order chi connectivity index (χ0) is 32.9. The molecule has 4 atom stereocenters. The Hall–Kier alpha value is -2.20. The number of benzene rings is 4. The minimum atomic E-state index is -2.52. The molecule has 0 aliphatic carbocycles. The first-order valence-corrected chi connectivity index (χ1v) is 20.8. The largest absolute Gasteiger partial charge is 0.407 e. The van der Waals surface area contributed by atoms with Crippen molar-refractivity contribution in [2.75, 3.05) is 0 Å². The summed E-state index contributed by atoms with van der Waals surface area (Å²) in [6.07, 6.45) is -0.581. The summed E-state index contributed by atoms with van der Waals surface area (Å²) < 4.78 is 40.5. The molecule has 0 heterocycles. The third-order valence-electron chi connectivity index (χ3n) is 8.71. The molecule has 0 aromatic heterocycles. The van der Waals surface area contributed by atoms with Crippen LogP contribution in [0.2, 0.25) is 16.6 Å². The van der Waals surface area contributed by atoms with Crippen molar-refractivity contribution in [3.05, 3.63) is 124 Å². The molecule has 0 amide bonds. The number of hydrogen-bond acceptors (Lipinski definition) is 3. The van der Waals surface area contributed by atoms with Crippen LogP contribution in [0.5, 0.6) is 0 Å². The number of aryl methyl sites for hydroxylation is 2. The van der Waals surface area contributed by atoms with Crippen molar-refractivity contribution in [1.29, 1.82) is 0 Å². The van der Waals surface area contributed by atoms with E-state index in [2.05, 4.69) is 62.2 Å². The lowest BCUT2D eigenvalue weighted by Gasteiger charge is -2.46. The Morgan fingerprint density at radius 2 is 1.11 bits per heavy atom. The lowest BCUT2D eigenvalue weighted by atomic mass is 9.96. The zero-order valence-corrected chi connectivity index (χ0v) is 31.8. The molecule has 45 heavy (non-hydrogen) atoms. The second-order valence-electron chi connectivity index (χ2n) is 12.7. The van der Waals surface area contributed by atoms with Crippen LogP contribution in [0.25, 0.3) is 0 Å². The third kappa shape index (κ3) is 8.03. The molecule has 2 unspecified atom stereocenters. The van der Waals surface area contributed by atoms with Crippen molar-refractivity contribution in [3.8, 4) is 0 Å². The summed E-state index contributed by atoms with van der Waals surface area (Å²) in [6, 6.07) is 31.0. The van der Waals surface area contributed by atoms with Crippen LogP contribution in [-0.4, -0.2) is 16.7 Å². The van der Waals surface area contributed by atoms with Crippen molar-refractivity contribution in [2.24, 2.45) is 0 Å². The van der Waals surface area contributed by atoms with E-state index in [4.69, 9.17) is 4.43 Å². The summed E-state index contributed by atoms with van der Waals surface area (Å²) in [4.78, 5) is 2.12. The number of rotatable bonds is 13. The van der Waals surface area contributed by atoms with Crippen molar-refractivity contribution >= 4 is 46.0 Å². The average Bonchev–Trinajstić information content (AvgIpc) is 3.01. The van der Waals surface area contributed by atoms with Gasteiger partial charge in [-0.25, -0.2) is 13.1 Å². The Labute approximate surface area is 284 Å². The topological polar surface area (TPSA) is 55.4 Å². The molecule has 1 N–H and O–H groups in total. The minimum absolute atomic E-state index is 0.303. The molecule has 8 heteroatoms. The molecule has 0 saturated carbocycles. The van der Waals surface area contributed by atoms with Gasteiger partial charge in [0.2, 0.25) is 8.32 Å². The molecule has 0 fully saturated rings. The third-order valence-corrected chi connectivity index (χ3v) is 18.1. The lowest BCUT2D eigenvalue weighted by Crippen LogP contribution is -2.50. The maximum atomic E-state index is 14.3. The van der Waals surface area contributed by atoms with Crippen molar-refractivity contribution in [1.82, 2.24) is 4.72 Å². The standard InChI is InChI=1S/C37H46BrNO3S2Si/c1-25(2)45(26(3)4,27(5)6)42-37(33-14-10-12-16-35(33)43(40)30-21-17-28(7)18-22-30)36(32-13-9-11-15-34(32)38)39-44(41)31-23-19-29(8)20-24-31/h9-27,36-37,39H,1-8H3/t36-,37+,43?,44?/m1/s1. The van der Waals surface area contributed by atoms with Crippen LogP contribution in [0, 0.1) is 13.8 Å². The van der Waals surface area contributed by atoms with Crippen molar-refractivity contribution in [2.45, 2.75) is 98.8 Å². The van der Waals surface area contributed by atoms with Gasteiger partial charge in [-0.05, 0) is 78.0 Å². The Morgan fingerprint density at radius 1 is 0.644 bits per heavy atom. The predicted octanol–water partition coefficient (Wildman–Crippen LogP) is 10.5. The first-order valence-electron chi connectivity index (χ1n) is 15.6. The normalized spacial score (nSPS) is 14.9. The minimum Gasteiger partial charge on any atom is -0.407 e. The number of hydrogen-bond donors (Lipinski definition) is 1. The number of halogens is 1. The van der Waals surface area contributed by atoms with Gasteiger partial charge in [-0.2, -0.15) is 0 Å². The Kier molecular flexibility index (Phi) is 12.4. The zero-order valence-electron chi connectivity index (χ0n) is 27.5. The summed E-state index contributed by atoms with van der Waals surface area (Å²) >= 11 is 3.81. The van der Waals surface area contributed by atoms with Crippen molar-refractivity contribution < 1.29 is 12.8 Å². The van der Waals surface area contributed by atoms with Gasteiger partial charge in [0.15, 0.2) is 0 Å². The van der Waals surface area contributed by atoms with E-state index in [1.54, 1.807) is 0 Å². The van der Waals surface area contributed by atoms with E-state index >= 15 is 0 Å². The van der Waals surface area contributed by atoms with Crippen LogP contribution in [0.1, 0.15) is 75.9 Å². The highest BCUT2D eigenvalue weighted by molar-refractivity contribution is 9.10. The van der Waals surface area contributed by atoms with Crippen LogP contribution >= 0.6 is 15.9 Å². The van der Waals surface area contributed by atoms with Gasteiger partial charge in [0.1, 0.15) is 11.0 Å². The highest BCUT2D eigenvalue weighted by Gasteiger charge is 2.49. The fraction of sp³-hybridized carbons (Fsp3) is 0.351. The van der Waals surface area contributed by atoms with Crippen LogP contribution in [0.4, 0.5) is 0 Å². The summed E-state index contributed by atoms with van der Waals surface area (Å²) in [5, 5.41) is 0. The molecule has 4 aromatic carbocycles. The predicted molar refractivity (Wildman–Crippen MR) is 195 cm³/mol. The van der Waals surface area contributed by atoms with E-state index in [0.717, 1.165) is 31.6 Å². The van der Waals surface area contributed by atoms with Crippen LogP contribution in [-0.2, 0) is 26.2 Å². The van der Waals surface area contributed by atoms with Gasteiger partial charge in [0.05, 0.1) is 27.8 Å². The molecule has 0 radical (unpaired) electrons. The Balaban J connectivity index is 1.98. The van der Waals surface area contributed by atoms with Crippen LogP contribution in [0.15, 0.2) is 116 Å². The molecule has 0 aliphatic heterocycles. The Morgan fingerprint density at radius 3 is 1.62 bits per heavy atom. The van der Waals surface area contributed by atoms with Gasteiger partial charge in [-0.15, -0.1) is 0 Å². The molecule has 4 nitrogen and oxygen atoms in total. The van der Waals surface area contributed by atoms with Gasteiger partial charge in [-0.1, -0.05) is 129 Å². The van der Waals surface area contributed by atoms with Gasteiger partial charge >= 0.3 is 0 Å². The van der Waals surface area contributed by atoms with E-state index < -0.39 is 42.2 Å². The van der Waals surface area contributed by atoms with E-state index in [1.807, 2.05) is 111 Å². The molecule has 0 aliphatic rings. The SMILES string of the molecule is Cc1ccc(S(=O)N[C@H](c2ccccc2Br)[C@@H](O[Si](C(C)C)(C(C)C)C(C)C)c2ccccc2S(=O)c2ccc(C)cc2)cc1. The summed E-state index contributed by atoms with van der Waals surface area (Å²) in [7, 11) is -5.53. The molecular formula is C37H46BrNO3S2Si. The quantitative estimate of drug-likeness (QED) is 0.140. The second-order valence-corrected chi connectivity index (χ2v) is 21.6. The first-order chi connectivity index (χ1) is 21.4. The van der Waals surface area contributed by atoms with Gasteiger partial charge in [-0.3, -0.25) is 0 Å². The van der Waals surface area contributed by atoms with E-state index in [0.29, 0.717) is 26.4 Å². The molecule has 0 spiro atoms. The monoisotopic (exact) mass is 723 g/mol. The van der Waals surface area contributed by atoms with Crippen molar-refractivity contribution in [3.63, 3.8) is 0 Å². The summed E-state index contributed by atoms with van der Waals surface area (Å²) in [5.41, 5.74) is 4.89. The molecule has 4 rings (SSSR count). The van der Waals surface area contributed by atoms with E-state index in [-0.39, 0.29) is 0 Å². The fourth-order valence-corrected chi connectivity index (χ4v) is 14.8. The van der Waals surface area contributed by atoms with Gasteiger partial charge in [0, 0.05) is 14.3 Å². The second kappa shape index (κ2) is 15.6. The van der Waals surface area contributed by atoms with Crippen LogP contribution < -0.4 is 4.72 Å². The van der Waals surface area contributed by atoms with E-state index in [9.17, 15) is 8.42 Å². The highest BCUT2D eigenvalue weighted by atomic mass is 79.9. The highest BCUT2D eigenvalue weighted by Crippen LogP contribution is 2.49. The molecular weight excluding hydrogens is 679 g/mol. The smallest absolute Gasteiger partial charge is 0.201 e. The van der Waals surface area contributed by atoms with Crippen LogP contribution in [0.3, 0.4) is 0 Å². The van der Waals surface area contributed by atoms with Gasteiger partial charge in [0.25, 0.3) is 0 Å². The molecule has 4 aromatic rings. The lowest BCUT2D eigenvalue weighted by molar-refractivity contribution is 0.138. The first kappa shape index (κ1) is 35.6. The maximum Gasteiger partial charge on any atom is 0.201 e. The van der Waals surface area contributed by atoms with Gasteiger partial charge < -0.3 is 4.43 Å². The summed E-state index contributed by atoms with van der Waals surface area (Å²) in [5.74, 6) is 0. The van der Waals surface area contributed by atoms with E-state index in [1.165, 1.54) is 0 Å².